The van der Waals surface area contributed by atoms with Gasteiger partial charge >= 0.3 is 0 Å². The van der Waals surface area contributed by atoms with Crippen LogP contribution in [0.15, 0.2) is 114 Å². The van der Waals surface area contributed by atoms with Crippen LogP contribution in [0.4, 0.5) is 0 Å². The zero-order valence-electron chi connectivity index (χ0n) is 27.4. The molecule has 0 spiro atoms. The van der Waals surface area contributed by atoms with Gasteiger partial charge in [0.25, 0.3) is 0 Å². The molecular weight excluding hydrogens is 607 g/mol. The fourth-order valence-corrected chi connectivity index (χ4v) is 7.64. The minimum atomic E-state index is 0.169. The molecule has 1 nitrogen and oxygen atoms in total. The number of benzene rings is 8. The van der Waals surface area contributed by atoms with Crippen molar-refractivity contribution in [2.75, 3.05) is 0 Å². The van der Waals surface area contributed by atoms with E-state index in [9.17, 15) is 0 Å². The van der Waals surface area contributed by atoms with Crippen molar-refractivity contribution in [2.24, 2.45) is 0 Å². The summed E-state index contributed by atoms with van der Waals surface area (Å²) in [5.41, 5.74) is 8.22. The van der Waals surface area contributed by atoms with Crippen LogP contribution in [0.3, 0.4) is 0 Å². The van der Waals surface area contributed by atoms with Crippen molar-refractivity contribution >= 4 is 161 Å². The van der Waals surface area contributed by atoms with Crippen molar-refractivity contribution in [3.8, 4) is 33.4 Å². The van der Waals surface area contributed by atoms with Crippen LogP contribution in [-0.4, -0.2) is 62.8 Å². The lowest BCUT2D eigenvalue weighted by molar-refractivity contribution is 0.672. The Kier molecular flexibility index (Phi) is 7.30. The van der Waals surface area contributed by atoms with Crippen LogP contribution in [0, 0.1) is 0 Å². The average Bonchev–Trinajstić information content (AvgIpc) is 3.55. The standard InChI is InChI=1S/C42H18B8O/c43-34-30-28(22-12-10-20(11-13-22)19-6-2-1-3-7-19)31-33(37(46)41(50)39(48)35(31)44)29(32(30)36(45)40(49)38(34)47)23-15-17-27-26(18-23)25-16-14-21-8-4-5-9-24(21)42(25)51-27/h1-18H. The minimum Gasteiger partial charge on any atom is -0.455 e. The lowest BCUT2D eigenvalue weighted by Crippen LogP contribution is -2.50. The lowest BCUT2D eigenvalue weighted by atomic mass is 9.59. The summed E-state index contributed by atoms with van der Waals surface area (Å²) in [5, 5.41) is 6.26. The third-order valence-corrected chi connectivity index (χ3v) is 10.2. The molecule has 9 heteroatoms. The van der Waals surface area contributed by atoms with Crippen LogP contribution < -0.4 is 43.7 Å². The quantitative estimate of drug-likeness (QED) is 0.218. The number of furan rings is 1. The van der Waals surface area contributed by atoms with E-state index >= 15 is 0 Å². The van der Waals surface area contributed by atoms with E-state index in [1.807, 2.05) is 66.7 Å². The molecule has 0 saturated heterocycles. The smallest absolute Gasteiger partial charge is 0.143 e. The van der Waals surface area contributed by atoms with E-state index in [-0.39, 0.29) is 43.7 Å². The molecule has 0 amide bonds. The van der Waals surface area contributed by atoms with E-state index in [0.29, 0.717) is 32.7 Å². The van der Waals surface area contributed by atoms with Crippen LogP contribution in [-0.2, 0) is 0 Å². The zero-order chi connectivity index (χ0) is 35.3. The predicted molar refractivity (Wildman–Crippen MR) is 226 cm³/mol. The van der Waals surface area contributed by atoms with Gasteiger partial charge in [-0.25, -0.2) is 0 Å². The van der Waals surface area contributed by atoms with Crippen LogP contribution in [0.25, 0.3) is 87.6 Å². The van der Waals surface area contributed by atoms with E-state index in [2.05, 4.69) is 42.5 Å². The summed E-state index contributed by atoms with van der Waals surface area (Å²) >= 11 is 0. The second kappa shape index (κ2) is 11.7. The van der Waals surface area contributed by atoms with Gasteiger partial charge in [0, 0.05) is 16.2 Å². The summed E-state index contributed by atoms with van der Waals surface area (Å²) in [4.78, 5) is 0. The van der Waals surface area contributed by atoms with Crippen molar-refractivity contribution in [1.82, 2.24) is 0 Å². The van der Waals surface area contributed by atoms with Crippen molar-refractivity contribution in [3.05, 3.63) is 109 Å². The Labute approximate surface area is 306 Å². The van der Waals surface area contributed by atoms with Crippen molar-refractivity contribution in [2.45, 2.75) is 0 Å². The summed E-state index contributed by atoms with van der Waals surface area (Å²) in [6.45, 7) is 0. The highest BCUT2D eigenvalue weighted by molar-refractivity contribution is 6.71. The topological polar surface area (TPSA) is 13.1 Å². The molecule has 9 rings (SSSR count). The van der Waals surface area contributed by atoms with Gasteiger partial charge < -0.3 is 4.42 Å². The number of hydrogen-bond donors (Lipinski definition) is 0. The summed E-state index contributed by atoms with van der Waals surface area (Å²) in [6.07, 6.45) is 0. The molecule has 0 aliphatic carbocycles. The second-order valence-electron chi connectivity index (χ2n) is 13.0. The molecule has 0 N–H and O–H groups in total. The van der Waals surface area contributed by atoms with E-state index in [1.165, 1.54) is 0 Å². The van der Waals surface area contributed by atoms with E-state index in [1.54, 1.807) is 0 Å². The molecule has 51 heavy (non-hydrogen) atoms. The lowest BCUT2D eigenvalue weighted by Gasteiger charge is -2.28. The van der Waals surface area contributed by atoms with E-state index < -0.39 is 0 Å². The van der Waals surface area contributed by atoms with Gasteiger partial charge in [-0.15, -0.1) is 21.9 Å². The zero-order valence-corrected chi connectivity index (χ0v) is 27.4. The third kappa shape index (κ3) is 4.60. The van der Waals surface area contributed by atoms with Gasteiger partial charge in [-0.2, -0.15) is 0 Å². The van der Waals surface area contributed by atoms with Crippen molar-refractivity contribution < 1.29 is 4.42 Å². The van der Waals surface area contributed by atoms with Crippen molar-refractivity contribution in [3.63, 3.8) is 0 Å². The normalized spacial score (nSPS) is 11.8. The molecule has 0 atom stereocenters. The molecule has 8 aromatic carbocycles. The van der Waals surface area contributed by atoms with Crippen LogP contribution in [0.1, 0.15) is 0 Å². The molecule has 216 valence electrons. The SMILES string of the molecule is [B]c1c([B])c([B])c2c(-c3ccc4oc5c6ccccc6ccc5c4c3)c3c([B])c([B])c([B])c([B])c3c(-c3ccc(-c4ccccc4)cc3)c2c1[B]. The van der Waals surface area contributed by atoms with E-state index in [0.717, 1.165) is 55.0 Å². The molecular formula is C42H18B8O. The van der Waals surface area contributed by atoms with Gasteiger partial charge in [0.1, 0.15) is 73.9 Å². The monoisotopic (exact) mass is 626 g/mol. The first-order valence-electron chi connectivity index (χ1n) is 16.4. The Hall–Kier alpha value is -5.14. The van der Waals surface area contributed by atoms with Crippen LogP contribution in [0.5, 0.6) is 0 Å². The van der Waals surface area contributed by atoms with Gasteiger partial charge in [0.2, 0.25) is 0 Å². The summed E-state index contributed by atoms with van der Waals surface area (Å²) in [7, 11) is 54.1. The highest BCUT2D eigenvalue weighted by Gasteiger charge is 2.25. The Morgan fingerprint density at radius 3 is 1.39 bits per heavy atom. The molecule has 0 aliphatic rings. The van der Waals surface area contributed by atoms with Crippen molar-refractivity contribution in [1.29, 1.82) is 0 Å². The molecule has 16 radical (unpaired) electrons. The fraction of sp³-hybridized carbons (Fsp3) is 0. The molecule has 0 aliphatic heterocycles. The first-order valence-corrected chi connectivity index (χ1v) is 16.4. The average molecular weight is 625 g/mol. The van der Waals surface area contributed by atoms with E-state index in [4.69, 9.17) is 67.2 Å². The number of rotatable bonds is 3. The van der Waals surface area contributed by atoms with Gasteiger partial charge in [0.05, 0.1) is 0 Å². The maximum absolute atomic E-state index is 6.96. The summed E-state index contributed by atoms with van der Waals surface area (Å²) in [5.74, 6) is 0. The molecule has 0 saturated carbocycles. The third-order valence-electron chi connectivity index (χ3n) is 10.2. The van der Waals surface area contributed by atoms with Gasteiger partial charge in [0.15, 0.2) is 0 Å². The minimum absolute atomic E-state index is 0.169. The fourth-order valence-electron chi connectivity index (χ4n) is 7.64. The van der Waals surface area contributed by atoms with Crippen LogP contribution >= 0.6 is 0 Å². The van der Waals surface area contributed by atoms with Gasteiger partial charge in [-0.05, 0) is 78.5 Å². The molecule has 0 unspecified atom stereocenters. The number of fused-ring (bicyclic) bond motifs is 7. The highest BCUT2D eigenvalue weighted by atomic mass is 16.3. The Morgan fingerprint density at radius 2 is 0.804 bits per heavy atom. The summed E-state index contributed by atoms with van der Waals surface area (Å²) < 4.78 is 6.44. The molecule has 1 aromatic heterocycles. The van der Waals surface area contributed by atoms with Gasteiger partial charge in [-0.1, -0.05) is 113 Å². The molecule has 0 bridgehead atoms. The Balaban J connectivity index is 1.45. The Bertz CT molecular complexity index is 2850. The first kappa shape index (κ1) is 31.8. The largest absolute Gasteiger partial charge is 0.455 e. The maximum Gasteiger partial charge on any atom is 0.143 e. The highest BCUT2D eigenvalue weighted by Crippen LogP contribution is 2.43. The summed E-state index contributed by atoms with van der Waals surface area (Å²) in [6, 6.07) is 36.4. The second-order valence-corrected chi connectivity index (χ2v) is 13.0. The maximum atomic E-state index is 6.96. The van der Waals surface area contributed by atoms with Crippen LogP contribution in [0.2, 0.25) is 0 Å². The predicted octanol–water partition coefficient (Wildman–Crippen LogP) is 2.40. The molecule has 0 fully saturated rings. The first-order chi connectivity index (χ1) is 24.7. The number of hydrogen-bond acceptors (Lipinski definition) is 1. The molecule has 1 heterocycles. The molecule has 9 aromatic rings. The van der Waals surface area contributed by atoms with Gasteiger partial charge in [-0.3, -0.25) is 0 Å². The Morgan fingerprint density at radius 1 is 0.333 bits per heavy atom.